The number of hydrogen-bond donors (Lipinski definition) is 1. The van der Waals surface area contributed by atoms with Crippen molar-refractivity contribution in [2.24, 2.45) is 0 Å². The standard InChI is InChI=1S/C10H13N3OS/c1-3-7-4-5-15-9(7)10-13-12-8(14-10)6-11-2/h4-5,11H,3,6H2,1-2H3. The molecular formula is C10H13N3OS. The first kappa shape index (κ1) is 10.3. The number of aromatic nitrogens is 2. The maximum atomic E-state index is 5.54. The molecule has 0 saturated carbocycles. The Morgan fingerprint density at radius 2 is 2.33 bits per heavy atom. The molecule has 0 aliphatic heterocycles. The molecule has 80 valence electrons. The van der Waals surface area contributed by atoms with Crippen LogP contribution in [-0.4, -0.2) is 17.2 Å². The molecule has 2 aromatic heterocycles. The lowest BCUT2D eigenvalue weighted by atomic mass is 10.2. The van der Waals surface area contributed by atoms with Crippen LogP contribution in [0.5, 0.6) is 0 Å². The Morgan fingerprint density at radius 1 is 1.47 bits per heavy atom. The Balaban J connectivity index is 2.28. The van der Waals surface area contributed by atoms with E-state index in [-0.39, 0.29) is 0 Å². The third-order valence-corrected chi connectivity index (χ3v) is 3.06. The van der Waals surface area contributed by atoms with E-state index in [0.717, 1.165) is 11.3 Å². The van der Waals surface area contributed by atoms with Crippen molar-refractivity contribution in [1.29, 1.82) is 0 Å². The molecule has 0 bridgehead atoms. The SMILES string of the molecule is CCc1ccsc1-c1nnc(CNC)o1. The molecule has 0 aliphatic rings. The molecule has 4 nitrogen and oxygen atoms in total. The quantitative estimate of drug-likeness (QED) is 0.862. The Bertz CT molecular complexity index is 435. The molecule has 0 radical (unpaired) electrons. The topological polar surface area (TPSA) is 51.0 Å². The summed E-state index contributed by atoms with van der Waals surface area (Å²) in [6, 6.07) is 2.10. The van der Waals surface area contributed by atoms with E-state index < -0.39 is 0 Å². The summed E-state index contributed by atoms with van der Waals surface area (Å²) in [6.07, 6.45) is 0.989. The average molecular weight is 223 g/mol. The number of nitrogens with one attached hydrogen (secondary N) is 1. The number of rotatable bonds is 4. The van der Waals surface area contributed by atoms with Gasteiger partial charge in [0.05, 0.1) is 11.4 Å². The van der Waals surface area contributed by atoms with Crippen LogP contribution >= 0.6 is 11.3 Å². The van der Waals surface area contributed by atoms with Gasteiger partial charge in [0.1, 0.15) is 0 Å². The van der Waals surface area contributed by atoms with E-state index in [0.29, 0.717) is 18.3 Å². The molecule has 0 amide bonds. The van der Waals surface area contributed by atoms with Crippen LogP contribution in [0, 0.1) is 0 Å². The molecule has 2 heterocycles. The molecule has 5 heteroatoms. The van der Waals surface area contributed by atoms with Gasteiger partial charge in [-0.25, -0.2) is 0 Å². The molecule has 0 saturated heterocycles. The Morgan fingerprint density at radius 3 is 3.07 bits per heavy atom. The van der Waals surface area contributed by atoms with Crippen LogP contribution in [0.3, 0.4) is 0 Å². The number of thiophene rings is 1. The summed E-state index contributed by atoms with van der Waals surface area (Å²) in [5.74, 6) is 1.26. The minimum atomic E-state index is 0.611. The Kier molecular flexibility index (Phi) is 3.13. The molecule has 0 unspecified atom stereocenters. The summed E-state index contributed by atoms with van der Waals surface area (Å²) in [5, 5.41) is 13.0. The zero-order valence-electron chi connectivity index (χ0n) is 8.78. The van der Waals surface area contributed by atoms with Gasteiger partial charge in [-0.1, -0.05) is 6.92 Å². The Hall–Kier alpha value is -1.20. The van der Waals surface area contributed by atoms with Crippen LogP contribution in [0.15, 0.2) is 15.9 Å². The zero-order valence-corrected chi connectivity index (χ0v) is 9.60. The molecule has 15 heavy (non-hydrogen) atoms. The molecule has 2 rings (SSSR count). The smallest absolute Gasteiger partial charge is 0.258 e. The van der Waals surface area contributed by atoms with Gasteiger partial charge in [-0.3, -0.25) is 0 Å². The fraction of sp³-hybridized carbons (Fsp3) is 0.400. The minimum absolute atomic E-state index is 0.611. The summed E-state index contributed by atoms with van der Waals surface area (Å²) in [7, 11) is 1.85. The van der Waals surface area contributed by atoms with Crippen molar-refractivity contribution in [3.05, 3.63) is 22.9 Å². The van der Waals surface area contributed by atoms with Crippen LogP contribution in [0.1, 0.15) is 18.4 Å². The van der Waals surface area contributed by atoms with Crippen LogP contribution in [0.2, 0.25) is 0 Å². The van der Waals surface area contributed by atoms with E-state index in [1.165, 1.54) is 5.56 Å². The van der Waals surface area contributed by atoms with E-state index in [1.807, 2.05) is 7.05 Å². The van der Waals surface area contributed by atoms with Gasteiger partial charge in [-0.15, -0.1) is 21.5 Å². The van der Waals surface area contributed by atoms with Crippen LogP contribution < -0.4 is 5.32 Å². The van der Waals surface area contributed by atoms with Crippen LogP contribution in [-0.2, 0) is 13.0 Å². The molecule has 0 atom stereocenters. The molecule has 0 aliphatic carbocycles. The largest absolute Gasteiger partial charge is 0.419 e. The van der Waals surface area contributed by atoms with Gasteiger partial charge >= 0.3 is 0 Å². The fourth-order valence-electron chi connectivity index (χ4n) is 1.37. The van der Waals surface area contributed by atoms with Crippen LogP contribution in [0.25, 0.3) is 10.8 Å². The van der Waals surface area contributed by atoms with Crippen molar-refractivity contribution >= 4 is 11.3 Å². The zero-order chi connectivity index (χ0) is 10.7. The van der Waals surface area contributed by atoms with Crippen molar-refractivity contribution in [1.82, 2.24) is 15.5 Å². The first-order valence-corrected chi connectivity index (χ1v) is 5.76. The lowest BCUT2D eigenvalue weighted by Crippen LogP contribution is -2.04. The maximum absolute atomic E-state index is 5.54. The number of hydrogen-bond acceptors (Lipinski definition) is 5. The molecule has 2 aromatic rings. The molecular weight excluding hydrogens is 210 g/mol. The predicted molar refractivity (Wildman–Crippen MR) is 59.8 cm³/mol. The van der Waals surface area contributed by atoms with Crippen molar-refractivity contribution in [2.75, 3.05) is 7.05 Å². The van der Waals surface area contributed by atoms with Gasteiger partial charge in [-0.05, 0) is 30.5 Å². The molecule has 0 fully saturated rings. The monoisotopic (exact) mass is 223 g/mol. The predicted octanol–water partition coefficient (Wildman–Crippen LogP) is 2.08. The summed E-state index contributed by atoms with van der Waals surface area (Å²) >= 11 is 1.64. The second-order valence-corrected chi connectivity index (χ2v) is 4.08. The third-order valence-electron chi connectivity index (χ3n) is 2.12. The summed E-state index contributed by atoms with van der Waals surface area (Å²) < 4.78 is 5.54. The second kappa shape index (κ2) is 4.55. The highest BCUT2D eigenvalue weighted by Crippen LogP contribution is 2.28. The number of aryl methyl sites for hydroxylation is 1. The highest BCUT2D eigenvalue weighted by Gasteiger charge is 2.12. The normalized spacial score (nSPS) is 10.8. The van der Waals surface area contributed by atoms with Crippen molar-refractivity contribution in [3.63, 3.8) is 0 Å². The highest BCUT2D eigenvalue weighted by atomic mass is 32.1. The summed E-state index contributed by atoms with van der Waals surface area (Å²) in [5.41, 5.74) is 1.26. The van der Waals surface area contributed by atoms with E-state index in [9.17, 15) is 0 Å². The summed E-state index contributed by atoms with van der Waals surface area (Å²) in [6.45, 7) is 2.73. The first-order chi connectivity index (χ1) is 7.35. The lowest BCUT2D eigenvalue weighted by molar-refractivity contribution is 0.491. The molecule has 1 N–H and O–H groups in total. The van der Waals surface area contributed by atoms with Gasteiger partial charge < -0.3 is 9.73 Å². The first-order valence-electron chi connectivity index (χ1n) is 4.89. The van der Waals surface area contributed by atoms with Gasteiger partial charge in [-0.2, -0.15) is 0 Å². The second-order valence-electron chi connectivity index (χ2n) is 3.16. The lowest BCUT2D eigenvalue weighted by Gasteiger charge is -1.94. The van der Waals surface area contributed by atoms with Gasteiger partial charge in [0.2, 0.25) is 5.89 Å². The van der Waals surface area contributed by atoms with Crippen LogP contribution in [0.4, 0.5) is 0 Å². The third kappa shape index (κ3) is 2.08. The molecule has 0 aromatic carbocycles. The van der Waals surface area contributed by atoms with Crippen molar-refractivity contribution in [2.45, 2.75) is 19.9 Å². The van der Waals surface area contributed by atoms with Gasteiger partial charge in [0.25, 0.3) is 5.89 Å². The maximum Gasteiger partial charge on any atom is 0.258 e. The van der Waals surface area contributed by atoms with Gasteiger partial charge in [0.15, 0.2) is 0 Å². The van der Waals surface area contributed by atoms with E-state index in [4.69, 9.17) is 4.42 Å². The van der Waals surface area contributed by atoms with Gasteiger partial charge in [0, 0.05) is 0 Å². The highest BCUT2D eigenvalue weighted by molar-refractivity contribution is 7.13. The average Bonchev–Trinajstić information content (AvgIpc) is 2.84. The Labute approximate surface area is 92.3 Å². The van der Waals surface area contributed by atoms with E-state index >= 15 is 0 Å². The minimum Gasteiger partial charge on any atom is -0.419 e. The molecule has 0 spiro atoms. The van der Waals surface area contributed by atoms with Crippen molar-refractivity contribution in [3.8, 4) is 10.8 Å². The fourth-order valence-corrected chi connectivity index (χ4v) is 2.29. The summed E-state index contributed by atoms with van der Waals surface area (Å²) in [4.78, 5) is 1.09. The van der Waals surface area contributed by atoms with E-state index in [2.05, 4.69) is 33.9 Å². The van der Waals surface area contributed by atoms with E-state index in [1.54, 1.807) is 11.3 Å². The van der Waals surface area contributed by atoms with Crippen molar-refractivity contribution < 1.29 is 4.42 Å². The number of nitrogens with zero attached hydrogens (tertiary/aromatic N) is 2.